The van der Waals surface area contributed by atoms with Crippen LogP contribution in [0.1, 0.15) is 27.7 Å². The van der Waals surface area contributed by atoms with Crippen LogP contribution in [-0.2, 0) is 9.53 Å². The van der Waals surface area contributed by atoms with Crippen LogP contribution in [0.4, 0.5) is 5.69 Å². The molecule has 1 aromatic carbocycles. The second-order valence-electron chi connectivity index (χ2n) is 5.18. The number of hydrogen-bond donors (Lipinski definition) is 1. The third-order valence-electron chi connectivity index (χ3n) is 2.56. The highest BCUT2D eigenvalue weighted by Gasteiger charge is 2.32. The molecule has 0 aliphatic heterocycles. The average Bonchev–Trinajstić information content (AvgIpc) is 2.26. The number of esters is 1. The average molecular weight is 270 g/mol. The van der Waals surface area contributed by atoms with E-state index in [9.17, 15) is 4.79 Å². The van der Waals surface area contributed by atoms with Crippen LogP contribution in [0, 0.1) is 5.41 Å². The maximum atomic E-state index is 12.0. The van der Waals surface area contributed by atoms with E-state index >= 15 is 0 Å². The van der Waals surface area contributed by atoms with E-state index in [0.717, 1.165) is 5.69 Å². The molecule has 0 saturated carbocycles. The molecule has 100 valence electrons. The Hall–Kier alpha value is -1.22. The summed E-state index contributed by atoms with van der Waals surface area (Å²) in [5, 5.41) is 3.76. The van der Waals surface area contributed by atoms with E-state index in [-0.39, 0.29) is 11.4 Å². The predicted molar refractivity (Wildman–Crippen MR) is 75.0 cm³/mol. The first-order chi connectivity index (χ1) is 8.36. The Kier molecular flexibility index (Phi) is 5.03. The van der Waals surface area contributed by atoms with Gasteiger partial charge in [0, 0.05) is 0 Å². The first-order valence-electron chi connectivity index (χ1n) is 6.04. The number of benzene rings is 1. The smallest absolute Gasteiger partial charge is 0.329 e. The first-order valence-corrected chi connectivity index (χ1v) is 6.41. The zero-order valence-electron chi connectivity index (χ0n) is 11.3. The van der Waals surface area contributed by atoms with Crippen molar-refractivity contribution in [2.24, 2.45) is 5.41 Å². The van der Waals surface area contributed by atoms with Crippen LogP contribution < -0.4 is 5.32 Å². The third kappa shape index (κ3) is 3.91. The number of rotatable bonds is 4. The van der Waals surface area contributed by atoms with Gasteiger partial charge < -0.3 is 10.1 Å². The molecule has 1 atom stereocenters. The van der Waals surface area contributed by atoms with Crippen LogP contribution in [0.2, 0.25) is 5.02 Å². The third-order valence-corrected chi connectivity index (χ3v) is 2.89. The summed E-state index contributed by atoms with van der Waals surface area (Å²) in [6.07, 6.45) is 0. The lowest BCUT2D eigenvalue weighted by atomic mass is 9.86. The van der Waals surface area contributed by atoms with Crippen molar-refractivity contribution in [3.63, 3.8) is 0 Å². The molecule has 0 fully saturated rings. The van der Waals surface area contributed by atoms with Crippen molar-refractivity contribution in [3.8, 4) is 0 Å². The van der Waals surface area contributed by atoms with Crippen molar-refractivity contribution in [3.05, 3.63) is 29.3 Å². The monoisotopic (exact) mass is 269 g/mol. The molecule has 0 saturated heterocycles. The van der Waals surface area contributed by atoms with Crippen molar-refractivity contribution in [1.82, 2.24) is 0 Å². The summed E-state index contributed by atoms with van der Waals surface area (Å²) < 4.78 is 5.10. The topological polar surface area (TPSA) is 38.3 Å². The van der Waals surface area contributed by atoms with E-state index < -0.39 is 6.04 Å². The van der Waals surface area contributed by atoms with Crippen LogP contribution >= 0.6 is 11.6 Å². The fourth-order valence-corrected chi connectivity index (χ4v) is 1.78. The highest BCUT2D eigenvalue weighted by molar-refractivity contribution is 6.33. The Balaban J connectivity index is 2.93. The summed E-state index contributed by atoms with van der Waals surface area (Å²) in [5.74, 6) is -0.259. The van der Waals surface area contributed by atoms with E-state index in [1.54, 1.807) is 13.0 Å². The van der Waals surface area contributed by atoms with Crippen LogP contribution in [0.5, 0.6) is 0 Å². The second kappa shape index (κ2) is 6.10. The molecule has 0 aromatic heterocycles. The molecule has 0 amide bonds. The summed E-state index contributed by atoms with van der Waals surface area (Å²) in [5.41, 5.74) is 0.484. The first kappa shape index (κ1) is 14.8. The minimum absolute atomic E-state index is 0.259. The lowest BCUT2D eigenvalue weighted by Crippen LogP contribution is -2.42. The van der Waals surface area contributed by atoms with Gasteiger partial charge in [0.2, 0.25) is 0 Å². The SMILES string of the molecule is CCOC(=O)C(Nc1ccccc1Cl)C(C)(C)C. The number of nitrogens with one attached hydrogen (secondary N) is 1. The quantitative estimate of drug-likeness (QED) is 0.847. The molecule has 1 rings (SSSR count). The molecule has 1 aromatic rings. The molecule has 0 aliphatic rings. The lowest BCUT2D eigenvalue weighted by Gasteiger charge is -2.30. The summed E-state index contributed by atoms with van der Waals surface area (Å²) in [6, 6.07) is 6.93. The van der Waals surface area contributed by atoms with E-state index in [2.05, 4.69) is 5.32 Å². The number of carbonyl (C=O) groups is 1. The Labute approximate surface area is 113 Å². The van der Waals surface area contributed by atoms with E-state index in [1.807, 2.05) is 39.0 Å². The Bertz CT molecular complexity index is 413. The normalized spacial score (nSPS) is 12.9. The van der Waals surface area contributed by atoms with Gasteiger partial charge in [-0.15, -0.1) is 0 Å². The predicted octanol–water partition coefficient (Wildman–Crippen LogP) is 3.73. The van der Waals surface area contributed by atoms with Crippen LogP contribution in [0.25, 0.3) is 0 Å². The van der Waals surface area contributed by atoms with Gasteiger partial charge >= 0.3 is 5.97 Å². The number of anilines is 1. The molecule has 1 unspecified atom stereocenters. The van der Waals surface area contributed by atoms with Gasteiger partial charge in [-0.25, -0.2) is 4.79 Å². The van der Waals surface area contributed by atoms with Gasteiger partial charge in [-0.05, 0) is 24.5 Å². The molecule has 4 heteroatoms. The van der Waals surface area contributed by atoms with Crippen molar-refractivity contribution in [2.45, 2.75) is 33.7 Å². The van der Waals surface area contributed by atoms with Crippen LogP contribution in [-0.4, -0.2) is 18.6 Å². The minimum Gasteiger partial charge on any atom is -0.464 e. The Morgan fingerprint density at radius 2 is 2.00 bits per heavy atom. The number of ether oxygens (including phenoxy) is 1. The number of para-hydroxylation sites is 1. The largest absolute Gasteiger partial charge is 0.464 e. The van der Waals surface area contributed by atoms with Gasteiger partial charge in [-0.3, -0.25) is 0 Å². The number of halogens is 1. The number of carbonyl (C=O) groups excluding carboxylic acids is 1. The van der Waals surface area contributed by atoms with Crippen LogP contribution in [0.3, 0.4) is 0 Å². The highest BCUT2D eigenvalue weighted by Crippen LogP contribution is 2.28. The summed E-state index contributed by atoms with van der Waals surface area (Å²) in [7, 11) is 0. The van der Waals surface area contributed by atoms with Gasteiger partial charge in [-0.2, -0.15) is 0 Å². The summed E-state index contributed by atoms with van der Waals surface area (Å²) in [6.45, 7) is 8.12. The van der Waals surface area contributed by atoms with Gasteiger partial charge in [0.1, 0.15) is 6.04 Å². The molecule has 0 aliphatic carbocycles. The summed E-state index contributed by atoms with van der Waals surface area (Å²) in [4.78, 5) is 12.0. The van der Waals surface area contributed by atoms with Crippen molar-refractivity contribution in [2.75, 3.05) is 11.9 Å². The zero-order valence-corrected chi connectivity index (χ0v) is 12.0. The molecule has 0 bridgehead atoms. The number of hydrogen-bond acceptors (Lipinski definition) is 3. The van der Waals surface area contributed by atoms with E-state index in [1.165, 1.54) is 0 Å². The molecular weight excluding hydrogens is 250 g/mol. The molecule has 0 heterocycles. The maximum absolute atomic E-state index is 12.0. The fourth-order valence-electron chi connectivity index (χ4n) is 1.59. The lowest BCUT2D eigenvalue weighted by molar-refractivity contribution is -0.146. The van der Waals surface area contributed by atoms with Crippen molar-refractivity contribution >= 4 is 23.3 Å². The fraction of sp³-hybridized carbons (Fsp3) is 0.500. The minimum atomic E-state index is -0.433. The molecule has 0 radical (unpaired) electrons. The standard InChI is InChI=1S/C14H20ClNO2/c1-5-18-13(17)12(14(2,3)4)16-11-9-7-6-8-10(11)15/h6-9,12,16H,5H2,1-4H3. The molecule has 3 nitrogen and oxygen atoms in total. The molecule has 0 spiro atoms. The van der Waals surface area contributed by atoms with Crippen molar-refractivity contribution in [1.29, 1.82) is 0 Å². The van der Waals surface area contributed by atoms with Gasteiger partial charge in [0.25, 0.3) is 0 Å². The van der Waals surface area contributed by atoms with Gasteiger partial charge in [0.05, 0.1) is 17.3 Å². The second-order valence-corrected chi connectivity index (χ2v) is 5.58. The van der Waals surface area contributed by atoms with Crippen LogP contribution in [0.15, 0.2) is 24.3 Å². The summed E-state index contributed by atoms with van der Waals surface area (Å²) >= 11 is 6.09. The van der Waals surface area contributed by atoms with Gasteiger partial charge in [0.15, 0.2) is 0 Å². The van der Waals surface area contributed by atoms with Crippen molar-refractivity contribution < 1.29 is 9.53 Å². The van der Waals surface area contributed by atoms with E-state index in [0.29, 0.717) is 11.6 Å². The Morgan fingerprint density at radius 1 is 1.39 bits per heavy atom. The Morgan fingerprint density at radius 3 is 2.50 bits per heavy atom. The molecular formula is C14H20ClNO2. The van der Waals surface area contributed by atoms with Gasteiger partial charge in [-0.1, -0.05) is 44.5 Å². The molecule has 1 N–H and O–H groups in total. The molecule has 18 heavy (non-hydrogen) atoms. The maximum Gasteiger partial charge on any atom is 0.329 e. The zero-order chi connectivity index (χ0) is 13.8. The van der Waals surface area contributed by atoms with E-state index in [4.69, 9.17) is 16.3 Å². The highest BCUT2D eigenvalue weighted by atomic mass is 35.5.